The maximum Gasteiger partial charge on any atom is 0.317 e. The molecule has 3 rings (SSSR count). The summed E-state index contributed by atoms with van der Waals surface area (Å²) in [5.74, 6) is -0.0242. The number of rotatable bonds is 5. The van der Waals surface area contributed by atoms with Crippen LogP contribution in [0.4, 0.5) is 4.79 Å². The van der Waals surface area contributed by atoms with E-state index in [4.69, 9.17) is 11.6 Å². The molecule has 1 aliphatic heterocycles. The van der Waals surface area contributed by atoms with Gasteiger partial charge in [0.1, 0.15) is 0 Å². The number of halogens is 1. The van der Waals surface area contributed by atoms with E-state index in [0.717, 1.165) is 11.1 Å². The molecule has 1 aliphatic rings. The van der Waals surface area contributed by atoms with Gasteiger partial charge in [0.05, 0.1) is 11.8 Å². The molecule has 28 heavy (non-hydrogen) atoms. The molecule has 0 spiro atoms. The SMILES string of the molecule is CC(NC(=O)N1CCN(S(=O)(=O)Cc2ccccc2)CC1)c1ccccc1Cl. The molecule has 0 radical (unpaired) electrons. The lowest BCUT2D eigenvalue weighted by Gasteiger charge is -2.34. The van der Waals surface area contributed by atoms with Crippen LogP contribution in [0.25, 0.3) is 0 Å². The highest BCUT2D eigenvalue weighted by atomic mass is 35.5. The number of piperazine rings is 1. The van der Waals surface area contributed by atoms with E-state index in [1.807, 2.05) is 43.3 Å². The monoisotopic (exact) mass is 421 g/mol. The van der Waals surface area contributed by atoms with E-state index >= 15 is 0 Å². The standard InChI is InChI=1S/C20H24ClN3O3S/c1-16(18-9-5-6-10-19(18)21)22-20(25)23-11-13-24(14-12-23)28(26,27)15-17-7-3-2-4-8-17/h2-10,16H,11-15H2,1H3,(H,22,25). The Hall–Kier alpha value is -2.09. The summed E-state index contributed by atoms with van der Waals surface area (Å²) in [6.45, 7) is 3.18. The molecule has 0 bridgehead atoms. The highest BCUT2D eigenvalue weighted by molar-refractivity contribution is 7.88. The minimum Gasteiger partial charge on any atom is -0.331 e. The molecule has 0 aliphatic carbocycles. The summed E-state index contributed by atoms with van der Waals surface area (Å²) in [5, 5.41) is 3.54. The van der Waals surface area contributed by atoms with Crippen LogP contribution in [0.5, 0.6) is 0 Å². The summed E-state index contributed by atoms with van der Waals surface area (Å²) in [6, 6.07) is 16.0. The first-order valence-corrected chi connectivity index (χ1v) is 11.2. The van der Waals surface area contributed by atoms with Crippen molar-refractivity contribution in [2.75, 3.05) is 26.2 Å². The van der Waals surface area contributed by atoms with Crippen molar-refractivity contribution in [2.45, 2.75) is 18.7 Å². The van der Waals surface area contributed by atoms with Crippen LogP contribution in [0.3, 0.4) is 0 Å². The second-order valence-corrected chi connectivity index (χ2v) is 9.20. The smallest absolute Gasteiger partial charge is 0.317 e. The van der Waals surface area contributed by atoms with Gasteiger partial charge in [-0.3, -0.25) is 0 Å². The minimum atomic E-state index is -3.40. The zero-order valence-corrected chi connectivity index (χ0v) is 17.3. The molecule has 150 valence electrons. The molecule has 1 fully saturated rings. The van der Waals surface area contributed by atoms with Gasteiger partial charge >= 0.3 is 6.03 Å². The quantitative estimate of drug-likeness (QED) is 0.805. The Morgan fingerprint density at radius 2 is 1.64 bits per heavy atom. The normalized spacial score (nSPS) is 16.6. The third kappa shape index (κ3) is 5.04. The van der Waals surface area contributed by atoms with Crippen LogP contribution in [0.15, 0.2) is 54.6 Å². The first-order chi connectivity index (χ1) is 13.4. The van der Waals surface area contributed by atoms with Crippen LogP contribution < -0.4 is 5.32 Å². The molecule has 2 aromatic carbocycles. The second kappa shape index (κ2) is 8.94. The van der Waals surface area contributed by atoms with Gasteiger partial charge in [-0.1, -0.05) is 60.1 Å². The average Bonchev–Trinajstić information content (AvgIpc) is 2.69. The van der Waals surface area contributed by atoms with Crippen LogP contribution >= 0.6 is 11.6 Å². The first-order valence-electron chi connectivity index (χ1n) is 9.18. The molecule has 1 N–H and O–H groups in total. The number of urea groups is 1. The third-order valence-corrected chi connectivity index (χ3v) is 7.02. The van der Waals surface area contributed by atoms with Gasteiger partial charge in [0.25, 0.3) is 0 Å². The lowest BCUT2D eigenvalue weighted by atomic mass is 10.1. The van der Waals surface area contributed by atoms with Crippen LogP contribution in [0, 0.1) is 0 Å². The van der Waals surface area contributed by atoms with Crippen LogP contribution in [0.1, 0.15) is 24.1 Å². The molecule has 0 aromatic heterocycles. The van der Waals surface area contributed by atoms with E-state index in [9.17, 15) is 13.2 Å². The van der Waals surface area contributed by atoms with E-state index in [-0.39, 0.29) is 17.8 Å². The number of nitrogens with one attached hydrogen (secondary N) is 1. The zero-order chi connectivity index (χ0) is 20.1. The Kier molecular flexibility index (Phi) is 6.59. The van der Waals surface area contributed by atoms with Crippen molar-refractivity contribution in [1.29, 1.82) is 0 Å². The topological polar surface area (TPSA) is 69.7 Å². The number of hydrogen-bond acceptors (Lipinski definition) is 3. The fourth-order valence-electron chi connectivity index (χ4n) is 3.23. The molecule has 1 unspecified atom stereocenters. The van der Waals surface area contributed by atoms with Gasteiger partial charge in [0, 0.05) is 31.2 Å². The minimum absolute atomic E-state index is 0.0242. The number of carbonyl (C=O) groups is 1. The lowest BCUT2D eigenvalue weighted by molar-refractivity contribution is 0.169. The molecule has 2 aromatic rings. The van der Waals surface area contributed by atoms with Gasteiger partial charge in [-0.15, -0.1) is 0 Å². The number of carbonyl (C=O) groups excluding carboxylic acids is 1. The van der Waals surface area contributed by atoms with Crippen LogP contribution in [-0.4, -0.2) is 49.8 Å². The highest BCUT2D eigenvalue weighted by Crippen LogP contribution is 2.22. The molecule has 1 heterocycles. The molecule has 0 saturated carbocycles. The summed E-state index contributed by atoms with van der Waals surface area (Å²) >= 11 is 6.19. The average molecular weight is 422 g/mol. The van der Waals surface area contributed by atoms with E-state index in [1.54, 1.807) is 23.1 Å². The van der Waals surface area contributed by atoms with Crippen molar-refractivity contribution < 1.29 is 13.2 Å². The van der Waals surface area contributed by atoms with E-state index in [0.29, 0.717) is 31.2 Å². The van der Waals surface area contributed by atoms with Gasteiger partial charge in [-0.25, -0.2) is 13.2 Å². The third-order valence-electron chi connectivity index (χ3n) is 4.82. The van der Waals surface area contributed by atoms with Gasteiger partial charge in [-0.2, -0.15) is 4.31 Å². The number of nitrogens with zero attached hydrogens (tertiary/aromatic N) is 2. The zero-order valence-electron chi connectivity index (χ0n) is 15.7. The van der Waals surface area contributed by atoms with Gasteiger partial charge in [-0.05, 0) is 24.1 Å². The molecule has 1 saturated heterocycles. The van der Waals surface area contributed by atoms with Crippen LogP contribution in [0.2, 0.25) is 5.02 Å². The van der Waals surface area contributed by atoms with Gasteiger partial charge in [0.2, 0.25) is 10.0 Å². The first kappa shape index (κ1) is 20.6. The fraction of sp³-hybridized carbons (Fsp3) is 0.350. The number of amides is 2. The number of benzene rings is 2. The fourth-order valence-corrected chi connectivity index (χ4v) is 5.04. The van der Waals surface area contributed by atoms with E-state index in [1.165, 1.54) is 4.31 Å². The van der Waals surface area contributed by atoms with Crippen molar-refractivity contribution in [2.24, 2.45) is 0 Å². The largest absolute Gasteiger partial charge is 0.331 e. The maximum absolute atomic E-state index is 12.6. The van der Waals surface area contributed by atoms with Crippen molar-refractivity contribution in [3.63, 3.8) is 0 Å². The Bertz CT molecular complexity index is 913. The Morgan fingerprint density at radius 1 is 1.04 bits per heavy atom. The lowest BCUT2D eigenvalue weighted by Crippen LogP contribution is -2.53. The van der Waals surface area contributed by atoms with Crippen molar-refractivity contribution in [3.05, 3.63) is 70.7 Å². The summed E-state index contributed by atoms with van der Waals surface area (Å²) in [5.41, 5.74) is 1.61. The van der Waals surface area contributed by atoms with Crippen molar-refractivity contribution >= 4 is 27.7 Å². The van der Waals surface area contributed by atoms with Crippen LogP contribution in [-0.2, 0) is 15.8 Å². The molecule has 2 amide bonds. The number of hydrogen-bond donors (Lipinski definition) is 1. The summed E-state index contributed by atoms with van der Waals surface area (Å²) in [7, 11) is -3.40. The predicted molar refractivity (Wildman–Crippen MR) is 111 cm³/mol. The molecule has 1 atom stereocenters. The van der Waals surface area contributed by atoms with E-state index < -0.39 is 10.0 Å². The summed E-state index contributed by atoms with van der Waals surface area (Å²) < 4.78 is 26.7. The van der Waals surface area contributed by atoms with Crippen molar-refractivity contribution in [3.8, 4) is 0 Å². The summed E-state index contributed by atoms with van der Waals surface area (Å²) in [4.78, 5) is 14.2. The summed E-state index contributed by atoms with van der Waals surface area (Å²) in [6.07, 6.45) is 0. The Balaban J connectivity index is 1.54. The van der Waals surface area contributed by atoms with Crippen molar-refractivity contribution in [1.82, 2.24) is 14.5 Å². The highest BCUT2D eigenvalue weighted by Gasteiger charge is 2.29. The maximum atomic E-state index is 12.6. The molecule has 6 nitrogen and oxygen atoms in total. The number of sulfonamides is 1. The van der Waals surface area contributed by atoms with E-state index in [2.05, 4.69) is 5.32 Å². The molecular formula is C20H24ClN3O3S. The second-order valence-electron chi connectivity index (χ2n) is 6.82. The molecule has 8 heteroatoms. The Labute approximate surface area is 171 Å². The molecular weight excluding hydrogens is 398 g/mol. The van der Waals surface area contributed by atoms with Gasteiger partial charge < -0.3 is 10.2 Å². The Morgan fingerprint density at radius 3 is 2.29 bits per heavy atom. The predicted octanol–water partition coefficient (Wildman–Crippen LogP) is 3.26. The van der Waals surface area contributed by atoms with Gasteiger partial charge in [0.15, 0.2) is 0 Å².